The third kappa shape index (κ3) is 3.77. The molecule has 2 aromatic carbocycles. The molecule has 0 bridgehead atoms. The predicted molar refractivity (Wildman–Crippen MR) is 96.8 cm³/mol. The first-order chi connectivity index (χ1) is 12.1. The Morgan fingerprint density at radius 1 is 1.24 bits per heavy atom. The number of nitrogens with zero attached hydrogens (tertiary/aromatic N) is 2. The monoisotopic (exact) mass is 343 g/mol. The molecule has 3 rings (SSSR count). The second-order valence-corrected chi connectivity index (χ2v) is 5.73. The molecule has 0 atom stereocenters. The van der Waals surface area contributed by atoms with Crippen molar-refractivity contribution in [3.8, 4) is 11.5 Å². The van der Waals surface area contributed by atoms with Gasteiger partial charge in [-0.3, -0.25) is 4.90 Å². The van der Waals surface area contributed by atoms with E-state index < -0.39 is 6.09 Å². The Morgan fingerprint density at radius 2 is 1.96 bits per heavy atom. The highest BCUT2D eigenvalue weighted by Crippen LogP contribution is 2.35. The van der Waals surface area contributed by atoms with Crippen molar-refractivity contribution in [3.05, 3.63) is 42.5 Å². The average molecular weight is 343 g/mol. The minimum atomic E-state index is -1.09. The number of ether oxygens (including phenoxy) is 2. The molecule has 1 aliphatic heterocycles. The Labute approximate surface area is 146 Å². The van der Waals surface area contributed by atoms with Crippen LogP contribution in [0.1, 0.15) is 0 Å². The molecule has 1 aliphatic rings. The molecule has 1 saturated heterocycles. The van der Waals surface area contributed by atoms with Crippen LogP contribution in [0.15, 0.2) is 42.5 Å². The van der Waals surface area contributed by atoms with Crippen molar-refractivity contribution in [1.82, 2.24) is 0 Å². The maximum absolute atomic E-state index is 11.2. The number of anilines is 3. The minimum Gasteiger partial charge on any atom is -0.465 e. The molecule has 0 unspecified atom stereocenters. The number of nitrogens with two attached hydrogens (primary N) is 1. The maximum Gasteiger partial charge on any atom is 0.411 e. The van der Waals surface area contributed by atoms with Gasteiger partial charge in [0.1, 0.15) is 5.75 Å². The summed E-state index contributed by atoms with van der Waals surface area (Å²) in [6.07, 6.45) is -1.09. The largest absolute Gasteiger partial charge is 0.465 e. The van der Waals surface area contributed by atoms with Crippen LogP contribution in [0.4, 0.5) is 21.9 Å². The zero-order chi connectivity index (χ0) is 17.8. The first-order valence-corrected chi connectivity index (χ1v) is 8.02. The van der Waals surface area contributed by atoms with E-state index in [1.807, 2.05) is 24.3 Å². The summed E-state index contributed by atoms with van der Waals surface area (Å²) >= 11 is 0. The van der Waals surface area contributed by atoms with Gasteiger partial charge in [0.05, 0.1) is 30.3 Å². The molecule has 1 fully saturated rings. The Bertz CT molecular complexity index is 760. The molecule has 0 spiro atoms. The van der Waals surface area contributed by atoms with E-state index in [-0.39, 0.29) is 0 Å². The van der Waals surface area contributed by atoms with Crippen molar-refractivity contribution in [2.45, 2.75) is 0 Å². The van der Waals surface area contributed by atoms with Crippen LogP contribution in [0.2, 0.25) is 0 Å². The van der Waals surface area contributed by atoms with Crippen molar-refractivity contribution in [2.75, 3.05) is 48.9 Å². The van der Waals surface area contributed by atoms with Gasteiger partial charge in [-0.1, -0.05) is 12.1 Å². The van der Waals surface area contributed by atoms with Gasteiger partial charge in [-0.15, -0.1) is 0 Å². The Morgan fingerprint density at radius 3 is 2.68 bits per heavy atom. The quantitative estimate of drug-likeness (QED) is 0.830. The highest BCUT2D eigenvalue weighted by atomic mass is 16.5. The second kappa shape index (κ2) is 7.31. The van der Waals surface area contributed by atoms with E-state index in [0.717, 1.165) is 23.7 Å². The van der Waals surface area contributed by atoms with E-state index in [1.54, 1.807) is 18.2 Å². The normalized spacial score (nSPS) is 14.2. The fraction of sp³-hybridized carbons (Fsp3) is 0.278. The molecule has 0 saturated carbocycles. The lowest BCUT2D eigenvalue weighted by Crippen LogP contribution is -2.36. The van der Waals surface area contributed by atoms with E-state index in [2.05, 4.69) is 4.90 Å². The van der Waals surface area contributed by atoms with Gasteiger partial charge in [-0.05, 0) is 24.3 Å². The van der Waals surface area contributed by atoms with Crippen molar-refractivity contribution >= 4 is 23.2 Å². The smallest absolute Gasteiger partial charge is 0.411 e. The number of carboxylic acid groups (broad SMARTS) is 1. The van der Waals surface area contributed by atoms with Gasteiger partial charge in [0.25, 0.3) is 0 Å². The molecule has 3 N–H and O–H groups in total. The SMILES string of the molecule is CN(C(=O)O)c1cc(Oc2ccccc2N2CCOCC2)ccc1N. The molecule has 0 radical (unpaired) electrons. The van der Waals surface area contributed by atoms with Crippen LogP contribution in [0, 0.1) is 0 Å². The van der Waals surface area contributed by atoms with Crippen LogP contribution < -0.4 is 20.3 Å². The predicted octanol–water partition coefficient (Wildman–Crippen LogP) is 3.01. The van der Waals surface area contributed by atoms with E-state index >= 15 is 0 Å². The summed E-state index contributed by atoms with van der Waals surface area (Å²) in [5.41, 5.74) is 7.62. The lowest BCUT2D eigenvalue weighted by atomic mass is 10.2. The van der Waals surface area contributed by atoms with Crippen LogP contribution in [0.25, 0.3) is 0 Å². The number of benzene rings is 2. The molecule has 2 aromatic rings. The summed E-state index contributed by atoms with van der Waals surface area (Å²) in [6.45, 7) is 2.97. The van der Waals surface area contributed by atoms with Gasteiger partial charge in [0.15, 0.2) is 5.75 Å². The standard InChI is InChI=1S/C18H21N3O4/c1-20(18(22)23)16-12-13(6-7-14(16)19)25-17-5-3-2-4-15(17)21-8-10-24-11-9-21/h2-7,12H,8-11,19H2,1H3,(H,22,23). The van der Waals surface area contributed by atoms with Crippen LogP contribution in [0.3, 0.4) is 0 Å². The third-order valence-corrected chi connectivity index (χ3v) is 4.10. The van der Waals surface area contributed by atoms with Crippen LogP contribution in [0.5, 0.6) is 11.5 Å². The summed E-state index contributed by atoms with van der Waals surface area (Å²) in [5.74, 6) is 1.23. The van der Waals surface area contributed by atoms with E-state index in [9.17, 15) is 4.79 Å². The molecule has 1 heterocycles. The van der Waals surface area contributed by atoms with Crippen molar-refractivity contribution in [2.24, 2.45) is 0 Å². The Balaban J connectivity index is 1.88. The first kappa shape index (κ1) is 16.9. The van der Waals surface area contributed by atoms with Gasteiger partial charge >= 0.3 is 6.09 Å². The summed E-state index contributed by atoms with van der Waals surface area (Å²) in [4.78, 5) is 14.5. The molecule has 7 nitrogen and oxygen atoms in total. The van der Waals surface area contributed by atoms with Crippen molar-refractivity contribution in [1.29, 1.82) is 0 Å². The maximum atomic E-state index is 11.2. The molecule has 1 amide bonds. The average Bonchev–Trinajstić information content (AvgIpc) is 2.64. The Hall–Kier alpha value is -2.93. The molecular formula is C18H21N3O4. The lowest BCUT2D eigenvalue weighted by Gasteiger charge is -2.30. The van der Waals surface area contributed by atoms with Gasteiger partial charge in [0.2, 0.25) is 0 Å². The summed E-state index contributed by atoms with van der Waals surface area (Å²) < 4.78 is 11.4. The number of morpholine rings is 1. The van der Waals surface area contributed by atoms with Crippen LogP contribution in [-0.2, 0) is 4.74 Å². The topological polar surface area (TPSA) is 88.3 Å². The van der Waals surface area contributed by atoms with Crippen molar-refractivity contribution in [3.63, 3.8) is 0 Å². The summed E-state index contributed by atoms with van der Waals surface area (Å²) in [7, 11) is 1.44. The number of para-hydroxylation sites is 2. The highest BCUT2D eigenvalue weighted by Gasteiger charge is 2.17. The van der Waals surface area contributed by atoms with Crippen LogP contribution in [-0.4, -0.2) is 44.6 Å². The van der Waals surface area contributed by atoms with Gasteiger partial charge in [-0.2, -0.15) is 0 Å². The second-order valence-electron chi connectivity index (χ2n) is 5.73. The lowest BCUT2D eigenvalue weighted by molar-refractivity contribution is 0.122. The summed E-state index contributed by atoms with van der Waals surface area (Å²) in [6, 6.07) is 12.8. The highest BCUT2D eigenvalue weighted by molar-refractivity contribution is 5.90. The number of hydrogen-bond donors (Lipinski definition) is 2. The fourth-order valence-electron chi connectivity index (χ4n) is 2.72. The zero-order valence-electron chi connectivity index (χ0n) is 14.0. The number of rotatable bonds is 4. The van der Waals surface area contributed by atoms with E-state index in [0.29, 0.717) is 36.1 Å². The summed E-state index contributed by atoms with van der Waals surface area (Å²) in [5, 5.41) is 9.17. The molecule has 7 heteroatoms. The van der Waals surface area contributed by atoms with E-state index in [1.165, 1.54) is 7.05 Å². The minimum absolute atomic E-state index is 0.374. The fourth-order valence-corrected chi connectivity index (χ4v) is 2.72. The van der Waals surface area contributed by atoms with Gasteiger partial charge < -0.3 is 25.2 Å². The van der Waals surface area contributed by atoms with E-state index in [4.69, 9.17) is 20.3 Å². The number of hydrogen-bond acceptors (Lipinski definition) is 5. The molecule has 0 aromatic heterocycles. The van der Waals surface area contributed by atoms with Gasteiger partial charge in [-0.25, -0.2) is 4.79 Å². The molecule has 25 heavy (non-hydrogen) atoms. The van der Waals surface area contributed by atoms with Gasteiger partial charge in [0, 0.05) is 26.2 Å². The molecule has 132 valence electrons. The van der Waals surface area contributed by atoms with Crippen molar-refractivity contribution < 1.29 is 19.4 Å². The zero-order valence-corrected chi connectivity index (χ0v) is 14.0. The number of amides is 1. The number of carbonyl (C=O) groups is 1. The van der Waals surface area contributed by atoms with Crippen LogP contribution >= 0.6 is 0 Å². The number of nitrogen functional groups attached to an aromatic ring is 1. The molecular weight excluding hydrogens is 322 g/mol. The first-order valence-electron chi connectivity index (χ1n) is 8.02. The third-order valence-electron chi connectivity index (χ3n) is 4.10. The molecule has 0 aliphatic carbocycles. The Kier molecular flexibility index (Phi) is 4.95.